The van der Waals surface area contributed by atoms with E-state index in [9.17, 15) is 9.59 Å². The van der Waals surface area contributed by atoms with Gasteiger partial charge in [0.15, 0.2) is 0 Å². The third-order valence-electron chi connectivity index (χ3n) is 3.80. The maximum Gasteiger partial charge on any atom is 0.241 e. The zero-order valence-corrected chi connectivity index (χ0v) is 10.6. The van der Waals surface area contributed by atoms with E-state index in [2.05, 4.69) is 12.2 Å². The van der Waals surface area contributed by atoms with E-state index in [-0.39, 0.29) is 24.4 Å². The molecule has 2 aliphatic heterocycles. The van der Waals surface area contributed by atoms with Gasteiger partial charge in [0.25, 0.3) is 0 Å². The molecule has 1 N–H and O–H groups in total. The number of nitrogens with zero attached hydrogens (tertiary/aromatic N) is 2. The zero-order valence-electron chi connectivity index (χ0n) is 10.6. The Kier molecular flexibility index (Phi) is 3.66. The van der Waals surface area contributed by atoms with E-state index >= 15 is 0 Å². The lowest BCUT2D eigenvalue weighted by Gasteiger charge is -2.37. The highest BCUT2D eigenvalue weighted by Gasteiger charge is 2.33. The molecule has 0 aromatic rings. The van der Waals surface area contributed by atoms with Crippen LogP contribution in [-0.4, -0.2) is 60.9 Å². The van der Waals surface area contributed by atoms with Crippen LogP contribution >= 0.6 is 0 Å². The van der Waals surface area contributed by atoms with Crippen LogP contribution in [0.2, 0.25) is 0 Å². The van der Waals surface area contributed by atoms with Crippen LogP contribution in [0.4, 0.5) is 0 Å². The number of piperidine rings is 1. The maximum atomic E-state index is 12.3. The summed E-state index contributed by atoms with van der Waals surface area (Å²) in [5.41, 5.74) is 0. The molecule has 2 aliphatic rings. The summed E-state index contributed by atoms with van der Waals surface area (Å²) in [6, 6.07) is -0.0973. The van der Waals surface area contributed by atoms with Crippen molar-refractivity contribution in [3.8, 4) is 0 Å². The molecule has 2 saturated heterocycles. The number of carbonyl (C=O) groups is 2. The van der Waals surface area contributed by atoms with Crippen molar-refractivity contribution in [1.29, 1.82) is 0 Å². The van der Waals surface area contributed by atoms with Crippen molar-refractivity contribution in [2.45, 2.75) is 25.8 Å². The molecule has 0 aromatic heterocycles. The molecule has 96 valence electrons. The molecule has 2 amide bonds. The Bertz CT molecular complexity index is 319. The van der Waals surface area contributed by atoms with Gasteiger partial charge in [-0.1, -0.05) is 6.92 Å². The molecule has 0 radical (unpaired) electrons. The second-order valence-electron chi connectivity index (χ2n) is 5.13. The summed E-state index contributed by atoms with van der Waals surface area (Å²) in [4.78, 5) is 27.3. The van der Waals surface area contributed by atoms with Gasteiger partial charge in [0.05, 0.1) is 12.6 Å². The summed E-state index contributed by atoms with van der Waals surface area (Å²) in [5, 5.41) is 3.28. The minimum absolute atomic E-state index is 0.0352. The van der Waals surface area contributed by atoms with Crippen LogP contribution in [0.5, 0.6) is 0 Å². The van der Waals surface area contributed by atoms with Crippen molar-refractivity contribution in [1.82, 2.24) is 15.1 Å². The number of nitrogens with one attached hydrogen (secondary N) is 1. The molecule has 2 atom stereocenters. The van der Waals surface area contributed by atoms with Crippen LogP contribution < -0.4 is 5.32 Å². The maximum absolute atomic E-state index is 12.3. The monoisotopic (exact) mass is 239 g/mol. The first-order chi connectivity index (χ1) is 8.09. The van der Waals surface area contributed by atoms with E-state index in [1.165, 1.54) is 0 Å². The van der Waals surface area contributed by atoms with Gasteiger partial charge in [-0.15, -0.1) is 0 Å². The number of rotatable bonds is 1. The summed E-state index contributed by atoms with van der Waals surface area (Å²) < 4.78 is 0. The van der Waals surface area contributed by atoms with E-state index in [0.717, 1.165) is 19.4 Å². The number of hydrogen-bond acceptors (Lipinski definition) is 3. The van der Waals surface area contributed by atoms with Crippen LogP contribution in [-0.2, 0) is 9.59 Å². The van der Waals surface area contributed by atoms with Gasteiger partial charge in [-0.25, -0.2) is 0 Å². The number of likely N-dealkylation sites (N-methyl/N-ethyl adjacent to an activating group) is 1. The standard InChI is InChI=1S/C12H21N3O2/c1-9-4-3-5-13-11(9)12(17)15-7-6-14(2)10(16)8-15/h9,11,13H,3-8H2,1-2H3. The molecular weight excluding hydrogens is 218 g/mol. The Hall–Kier alpha value is -1.10. The lowest BCUT2D eigenvalue weighted by molar-refractivity contribution is -0.146. The fourth-order valence-corrected chi connectivity index (χ4v) is 2.52. The minimum Gasteiger partial charge on any atom is -0.342 e. The molecule has 0 aromatic carbocycles. The molecule has 17 heavy (non-hydrogen) atoms. The number of amides is 2. The summed E-state index contributed by atoms with van der Waals surface area (Å²) >= 11 is 0. The van der Waals surface area contributed by atoms with E-state index in [1.54, 1.807) is 16.8 Å². The number of carbonyl (C=O) groups excluding carboxylic acids is 2. The van der Waals surface area contributed by atoms with Crippen molar-refractivity contribution >= 4 is 11.8 Å². The third-order valence-corrected chi connectivity index (χ3v) is 3.80. The van der Waals surface area contributed by atoms with Gasteiger partial charge in [0, 0.05) is 20.1 Å². The van der Waals surface area contributed by atoms with Gasteiger partial charge in [0.2, 0.25) is 11.8 Å². The highest BCUT2D eigenvalue weighted by molar-refractivity contribution is 5.88. The van der Waals surface area contributed by atoms with E-state index in [0.29, 0.717) is 19.0 Å². The fraction of sp³-hybridized carbons (Fsp3) is 0.833. The largest absolute Gasteiger partial charge is 0.342 e. The molecule has 0 saturated carbocycles. The molecule has 2 rings (SSSR count). The van der Waals surface area contributed by atoms with Gasteiger partial charge in [-0.2, -0.15) is 0 Å². The predicted molar refractivity (Wildman–Crippen MR) is 64.4 cm³/mol. The molecule has 0 bridgehead atoms. The lowest BCUT2D eigenvalue weighted by Crippen LogP contribution is -2.58. The van der Waals surface area contributed by atoms with E-state index < -0.39 is 0 Å². The second kappa shape index (κ2) is 5.04. The molecule has 5 heteroatoms. The first kappa shape index (κ1) is 12.4. The molecule has 2 heterocycles. The number of hydrogen-bond donors (Lipinski definition) is 1. The Morgan fingerprint density at radius 1 is 1.41 bits per heavy atom. The predicted octanol–water partition coefficient (Wildman–Crippen LogP) is -0.325. The van der Waals surface area contributed by atoms with Crippen molar-refractivity contribution in [3.63, 3.8) is 0 Å². The Morgan fingerprint density at radius 2 is 2.18 bits per heavy atom. The lowest BCUT2D eigenvalue weighted by atomic mass is 9.91. The second-order valence-corrected chi connectivity index (χ2v) is 5.13. The molecule has 0 spiro atoms. The van der Waals surface area contributed by atoms with E-state index in [1.807, 2.05) is 0 Å². The van der Waals surface area contributed by atoms with Gasteiger partial charge in [0.1, 0.15) is 0 Å². The highest BCUT2D eigenvalue weighted by atomic mass is 16.2. The van der Waals surface area contributed by atoms with Crippen molar-refractivity contribution < 1.29 is 9.59 Å². The Balaban J connectivity index is 1.97. The fourth-order valence-electron chi connectivity index (χ4n) is 2.52. The molecular formula is C12H21N3O2. The Morgan fingerprint density at radius 3 is 2.82 bits per heavy atom. The molecule has 5 nitrogen and oxygen atoms in total. The van der Waals surface area contributed by atoms with Crippen LogP contribution in [0, 0.1) is 5.92 Å². The summed E-state index contributed by atoms with van der Waals surface area (Å²) in [6.45, 7) is 4.55. The average molecular weight is 239 g/mol. The summed E-state index contributed by atoms with van der Waals surface area (Å²) in [5.74, 6) is 0.498. The number of piperazine rings is 1. The van der Waals surface area contributed by atoms with E-state index in [4.69, 9.17) is 0 Å². The SMILES string of the molecule is CC1CCCNC1C(=O)N1CCN(C)C(=O)C1. The normalized spacial score (nSPS) is 30.6. The molecule has 2 fully saturated rings. The van der Waals surface area contributed by atoms with Crippen molar-refractivity contribution in [2.24, 2.45) is 5.92 Å². The third kappa shape index (κ3) is 2.60. The first-order valence-corrected chi connectivity index (χ1v) is 6.35. The molecule has 0 aliphatic carbocycles. The van der Waals surface area contributed by atoms with Gasteiger partial charge in [-0.3, -0.25) is 9.59 Å². The van der Waals surface area contributed by atoms with Crippen LogP contribution in [0.3, 0.4) is 0 Å². The van der Waals surface area contributed by atoms with Gasteiger partial charge in [-0.05, 0) is 25.3 Å². The van der Waals surface area contributed by atoms with Gasteiger partial charge >= 0.3 is 0 Å². The molecule has 2 unspecified atom stereocenters. The summed E-state index contributed by atoms with van der Waals surface area (Å²) in [6.07, 6.45) is 2.22. The van der Waals surface area contributed by atoms with Gasteiger partial charge < -0.3 is 15.1 Å². The summed E-state index contributed by atoms with van der Waals surface area (Å²) in [7, 11) is 1.78. The highest BCUT2D eigenvalue weighted by Crippen LogP contribution is 2.18. The minimum atomic E-state index is -0.0973. The van der Waals surface area contributed by atoms with Crippen LogP contribution in [0.1, 0.15) is 19.8 Å². The van der Waals surface area contributed by atoms with Crippen molar-refractivity contribution in [3.05, 3.63) is 0 Å². The van der Waals surface area contributed by atoms with Crippen LogP contribution in [0.15, 0.2) is 0 Å². The first-order valence-electron chi connectivity index (χ1n) is 6.35. The van der Waals surface area contributed by atoms with Crippen LogP contribution in [0.25, 0.3) is 0 Å². The quantitative estimate of drug-likeness (QED) is 0.682. The smallest absolute Gasteiger partial charge is 0.241 e. The average Bonchev–Trinajstić information content (AvgIpc) is 2.32. The topological polar surface area (TPSA) is 52.7 Å². The zero-order chi connectivity index (χ0) is 12.4. The Labute approximate surface area is 102 Å². The van der Waals surface area contributed by atoms with Crippen molar-refractivity contribution in [2.75, 3.05) is 33.2 Å².